The summed E-state index contributed by atoms with van der Waals surface area (Å²) in [6, 6.07) is 8.33. The molecule has 0 aliphatic carbocycles. The normalized spacial score (nSPS) is 10.8. The van der Waals surface area contributed by atoms with Gasteiger partial charge in [-0.1, -0.05) is 50.5 Å². The number of unbranched alkanes of at least 4 members (excludes halogenated alkanes) is 3. The summed E-state index contributed by atoms with van der Waals surface area (Å²) in [5, 5.41) is 0. The average molecular weight is 246 g/mol. The third-order valence-corrected chi connectivity index (χ3v) is 2.91. The lowest BCUT2D eigenvalue weighted by molar-refractivity contribution is -0.134. The van der Waals surface area contributed by atoms with Crippen molar-refractivity contribution in [3.8, 4) is 0 Å². The van der Waals surface area contributed by atoms with Crippen LogP contribution in [0.4, 0.5) is 0 Å². The summed E-state index contributed by atoms with van der Waals surface area (Å²) in [7, 11) is 1.38. The highest BCUT2D eigenvalue weighted by molar-refractivity contribution is 5.86. The maximum Gasteiger partial charge on any atom is 0.330 e. The molecule has 0 radical (unpaired) electrons. The van der Waals surface area contributed by atoms with Crippen LogP contribution in [-0.2, 0) is 16.0 Å². The Labute approximate surface area is 110 Å². The molecule has 2 nitrogen and oxygen atoms in total. The van der Waals surface area contributed by atoms with Gasteiger partial charge in [0, 0.05) is 6.08 Å². The Morgan fingerprint density at radius 2 is 1.89 bits per heavy atom. The summed E-state index contributed by atoms with van der Waals surface area (Å²) in [6.07, 6.45) is 9.51. The monoisotopic (exact) mass is 246 g/mol. The molecular weight excluding hydrogens is 224 g/mol. The second-order valence-electron chi connectivity index (χ2n) is 4.41. The molecule has 0 fully saturated rings. The van der Waals surface area contributed by atoms with Gasteiger partial charge in [-0.3, -0.25) is 0 Å². The summed E-state index contributed by atoms with van der Waals surface area (Å²) < 4.78 is 4.55. The van der Waals surface area contributed by atoms with Crippen molar-refractivity contribution in [3.05, 3.63) is 41.5 Å². The first kappa shape index (κ1) is 14.5. The van der Waals surface area contributed by atoms with E-state index in [1.54, 1.807) is 6.08 Å². The standard InChI is InChI=1S/C16H22O2/c1-3-4-5-6-7-14-8-10-15(11-9-14)12-13-16(17)18-2/h8-13H,3-7H2,1-2H3/b13-12+. The molecule has 0 unspecified atom stereocenters. The Hall–Kier alpha value is -1.57. The van der Waals surface area contributed by atoms with E-state index in [9.17, 15) is 4.79 Å². The van der Waals surface area contributed by atoms with Crippen molar-refractivity contribution in [1.29, 1.82) is 0 Å². The molecule has 0 N–H and O–H groups in total. The van der Waals surface area contributed by atoms with Crippen molar-refractivity contribution < 1.29 is 9.53 Å². The van der Waals surface area contributed by atoms with Gasteiger partial charge in [0.2, 0.25) is 0 Å². The van der Waals surface area contributed by atoms with Gasteiger partial charge in [0.15, 0.2) is 0 Å². The molecule has 98 valence electrons. The summed E-state index contributed by atoms with van der Waals surface area (Å²) in [5.74, 6) is -0.321. The van der Waals surface area contributed by atoms with Crippen LogP contribution >= 0.6 is 0 Å². The fraction of sp³-hybridized carbons (Fsp3) is 0.438. The van der Waals surface area contributed by atoms with Crippen LogP contribution in [0.25, 0.3) is 6.08 Å². The molecule has 0 spiro atoms. The van der Waals surface area contributed by atoms with Crippen molar-refractivity contribution in [1.82, 2.24) is 0 Å². The number of benzene rings is 1. The van der Waals surface area contributed by atoms with Crippen molar-refractivity contribution in [2.75, 3.05) is 7.11 Å². The lowest BCUT2D eigenvalue weighted by Gasteiger charge is -2.01. The maximum absolute atomic E-state index is 10.9. The number of carbonyl (C=O) groups is 1. The van der Waals surface area contributed by atoms with E-state index in [1.807, 2.05) is 12.1 Å². The number of carbonyl (C=O) groups excluding carboxylic acids is 1. The molecule has 1 aromatic rings. The third kappa shape index (κ3) is 5.67. The molecule has 0 aliphatic heterocycles. The first-order chi connectivity index (χ1) is 8.76. The number of ether oxygens (including phenoxy) is 1. The van der Waals surface area contributed by atoms with Gasteiger partial charge in [0.25, 0.3) is 0 Å². The number of rotatable bonds is 7. The van der Waals surface area contributed by atoms with Gasteiger partial charge in [-0.25, -0.2) is 4.79 Å². The van der Waals surface area contributed by atoms with E-state index < -0.39 is 0 Å². The number of hydrogen-bond acceptors (Lipinski definition) is 2. The zero-order chi connectivity index (χ0) is 13.2. The van der Waals surface area contributed by atoms with Gasteiger partial charge < -0.3 is 4.74 Å². The highest BCUT2D eigenvalue weighted by Gasteiger charge is 1.95. The molecule has 2 heteroatoms. The summed E-state index contributed by atoms with van der Waals surface area (Å²) in [6.45, 7) is 2.22. The van der Waals surface area contributed by atoms with Gasteiger partial charge in [0.1, 0.15) is 0 Å². The van der Waals surface area contributed by atoms with Gasteiger partial charge in [-0.15, -0.1) is 0 Å². The molecule has 0 heterocycles. The molecule has 0 amide bonds. The van der Waals surface area contributed by atoms with E-state index in [1.165, 1.54) is 44.4 Å². The van der Waals surface area contributed by atoms with Crippen molar-refractivity contribution in [2.24, 2.45) is 0 Å². The highest BCUT2D eigenvalue weighted by atomic mass is 16.5. The molecular formula is C16H22O2. The van der Waals surface area contributed by atoms with E-state index in [-0.39, 0.29) is 5.97 Å². The highest BCUT2D eigenvalue weighted by Crippen LogP contribution is 2.10. The van der Waals surface area contributed by atoms with Gasteiger partial charge >= 0.3 is 5.97 Å². The Morgan fingerprint density at radius 3 is 2.50 bits per heavy atom. The van der Waals surface area contributed by atoms with Crippen molar-refractivity contribution >= 4 is 12.0 Å². The van der Waals surface area contributed by atoms with Crippen LogP contribution in [0.5, 0.6) is 0 Å². The van der Waals surface area contributed by atoms with Crippen LogP contribution in [0.2, 0.25) is 0 Å². The second-order valence-corrected chi connectivity index (χ2v) is 4.41. The molecule has 0 aromatic heterocycles. The van der Waals surface area contributed by atoms with Crippen LogP contribution in [-0.4, -0.2) is 13.1 Å². The van der Waals surface area contributed by atoms with Crippen LogP contribution in [0.3, 0.4) is 0 Å². The van der Waals surface area contributed by atoms with E-state index in [0.717, 1.165) is 12.0 Å². The topological polar surface area (TPSA) is 26.3 Å². The molecule has 0 saturated heterocycles. The fourth-order valence-electron chi connectivity index (χ4n) is 1.78. The lowest BCUT2D eigenvalue weighted by Crippen LogP contribution is -1.93. The van der Waals surface area contributed by atoms with E-state index in [0.29, 0.717) is 0 Å². The maximum atomic E-state index is 10.9. The minimum Gasteiger partial charge on any atom is -0.466 e. The quantitative estimate of drug-likeness (QED) is 0.413. The smallest absolute Gasteiger partial charge is 0.330 e. The summed E-state index contributed by atoms with van der Waals surface area (Å²) in [5.41, 5.74) is 2.39. The third-order valence-electron chi connectivity index (χ3n) is 2.91. The Morgan fingerprint density at radius 1 is 1.17 bits per heavy atom. The molecule has 0 bridgehead atoms. The number of methoxy groups -OCH3 is 1. The zero-order valence-corrected chi connectivity index (χ0v) is 11.3. The van der Waals surface area contributed by atoms with Crippen LogP contribution in [0.15, 0.2) is 30.3 Å². The fourth-order valence-corrected chi connectivity index (χ4v) is 1.78. The Kier molecular flexibility index (Phi) is 6.85. The van der Waals surface area contributed by atoms with E-state index in [2.05, 4.69) is 23.8 Å². The zero-order valence-electron chi connectivity index (χ0n) is 11.3. The largest absolute Gasteiger partial charge is 0.466 e. The SMILES string of the molecule is CCCCCCc1ccc(/C=C/C(=O)OC)cc1. The predicted octanol–water partition coefficient (Wildman–Crippen LogP) is 4.00. The van der Waals surface area contributed by atoms with Crippen molar-refractivity contribution in [3.63, 3.8) is 0 Å². The minimum absolute atomic E-state index is 0.321. The van der Waals surface area contributed by atoms with Crippen molar-refractivity contribution in [2.45, 2.75) is 39.0 Å². The molecule has 0 atom stereocenters. The molecule has 1 aromatic carbocycles. The second kappa shape index (κ2) is 8.51. The molecule has 0 aliphatic rings. The van der Waals surface area contributed by atoms with E-state index in [4.69, 9.17) is 0 Å². The lowest BCUT2D eigenvalue weighted by atomic mass is 10.0. The van der Waals surface area contributed by atoms with Gasteiger partial charge in [-0.2, -0.15) is 0 Å². The number of aryl methyl sites for hydroxylation is 1. The predicted molar refractivity (Wildman–Crippen MR) is 75.3 cm³/mol. The average Bonchev–Trinajstić information content (AvgIpc) is 2.42. The molecule has 1 rings (SSSR count). The minimum atomic E-state index is -0.321. The van der Waals surface area contributed by atoms with Gasteiger partial charge in [-0.05, 0) is 30.0 Å². The van der Waals surface area contributed by atoms with E-state index >= 15 is 0 Å². The number of esters is 1. The first-order valence-corrected chi connectivity index (χ1v) is 6.61. The van der Waals surface area contributed by atoms with Crippen LogP contribution in [0.1, 0.15) is 43.7 Å². The summed E-state index contributed by atoms with van der Waals surface area (Å²) in [4.78, 5) is 10.9. The van der Waals surface area contributed by atoms with Crippen LogP contribution in [0, 0.1) is 0 Å². The first-order valence-electron chi connectivity index (χ1n) is 6.61. The Bertz CT molecular complexity index is 377. The van der Waals surface area contributed by atoms with Gasteiger partial charge in [0.05, 0.1) is 7.11 Å². The van der Waals surface area contributed by atoms with Crippen LogP contribution < -0.4 is 0 Å². The molecule has 0 saturated carbocycles. The summed E-state index contributed by atoms with van der Waals surface area (Å²) >= 11 is 0. The Balaban J connectivity index is 2.42. The number of hydrogen-bond donors (Lipinski definition) is 0. The molecule has 18 heavy (non-hydrogen) atoms.